The monoisotopic (exact) mass is 149 g/mol. The minimum Gasteiger partial charge on any atom is -0.198 e. The van der Waals surface area contributed by atoms with Gasteiger partial charge in [0.2, 0.25) is 0 Å². The second-order valence-electron chi connectivity index (χ2n) is 4.82. The molecule has 0 heterocycles. The van der Waals surface area contributed by atoms with Gasteiger partial charge in [0.25, 0.3) is 0 Å². The molecule has 3 unspecified atom stereocenters. The van der Waals surface area contributed by atoms with Crippen LogP contribution in [0.4, 0.5) is 0 Å². The van der Waals surface area contributed by atoms with Crippen molar-refractivity contribution in [3.8, 4) is 6.07 Å². The predicted molar refractivity (Wildman–Crippen MR) is 43.8 cm³/mol. The van der Waals surface area contributed by atoms with Crippen LogP contribution in [0.3, 0.4) is 0 Å². The molecular formula is C10H15N. The number of hydrogen-bond acceptors (Lipinski definition) is 1. The number of fused-ring (bicyclic) bond motifs is 2. The third-order valence-corrected chi connectivity index (χ3v) is 4.12. The van der Waals surface area contributed by atoms with Crippen LogP contribution in [0.2, 0.25) is 0 Å². The first-order valence-corrected chi connectivity index (χ1v) is 4.51. The van der Waals surface area contributed by atoms with Gasteiger partial charge >= 0.3 is 0 Å². The summed E-state index contributed by atoms with van der Waals surface area (Å²) in [6, 6.07) is 2.51. The van der Waals surface area contributed by atoms with E-state index in [0.29, 0.717) is 5.41 Å². The highest BCUT2D eigenvalue weighted by Crippen LogP contribution is 2.63. The standard InChI is InChI=1S/C10H15N/c1-9-4-3-8(5-9)6-10(9,2)7-11/h8H,3-6H2,1-2H3. The summed E-state index contributed by atoms with van der Waals surface area (Å²) in [4.78, 5) is 0. The van der Waals surface area contributed by atoms with E-state index in [1.807, 2.05) is 0 Å². The van der Waals surface area contributed by atoms with E-state index in [1.54, 1.807) is 0 Å². The lowest BCUT2D eigenvalue weighted by atomic mass is 9.66. The van der Waals surface area contributed by atoms with E-state index < -0.39 is 0 Å². The summed E-state index contributed by atoms with van der Waals surface area (Å²) in [5, 5.41) is 9.06. The lowest BCUT2D eigenvalue weighted by Crippen LogP contribution is -2.31. The van der Waals surface area contributed by atoms with Gasteiger partial charge in [0, 0.05) is 0 Å². The van der Waals surface area contributed by atoms with Crippen molar-refractivity contribution >= 4 is 0 Å². The molecule has 2 saturated carbocycles. The first-order valence-electron chi connectivity index (χ1n) is 4.51. The molecule has 0 radical (unpaired) electrons. The van der Waals surface area contributed by atoms with Gasteiger partial charge in [-0.15, -0.1) is 0 Å². The van der Waals surface area contributed by atoms with Crippen LogP contribution in [0.5, 0.6) is 0 Å². The predicted octanol–water partition coefficient (Wildman–Crippen LogP) is 2.73. The molecule has 2 aliphatic carbocycles. The summed E-state index contributed by atoms with van der Waals surface area (Å²) >= 11 is 0. The molecule has 1 heteroatoms. The van der Waals surface area contributed by atoms with Gasteiger partial charge in [0.05, 0.1) is 11.5 Å². The fourth-order valence-electron chi connectivity index (χ4n) is 3.04. The van der Waals surface area contributed by atoms with Crippen molar-refractivity contribution < 1.29 is 0 Å². The van der Waals surface area contributed by atoms with Gasteiger partial charge in [-0.2, -0.15) is 5.26 Å². The molecule has 0 aromatic heterocycles. The average molecular weight is 149 g/mol. The Kier molecular flexibility index (Phi) is 1.17. The molecule has 0 aromatic carbocycles. The molecule has 3 atom stereocenters. The van der Waals surface area contributed by atoms with Gasteiger partial charge in [-0.05, 0) is 43.9 Å². The summed E-state index contributed by atoms with van der Waals surface area (Å²) < 4.78 is 0. The maximum Gasteiger partial charge on any atom is 0.0692 e. The molecule has 2 bridgehead atoms. The minimum absolute atomic E-state index is 0.00405. The van der Waals surface area contributed by atoms with E-state index in [1.165, 1.54) is 19.3 Å². The van der Waals surface area contributed by atoms with Crippen LogP contribution in [0.1, 0.15) is 39.5 Å². The van der Waals surface area contributed by atoms with E-state index in [2.05, 4.69) is 19.9 Å². The zero-order valence-corrected chi connectivity index (χ0v) is 7.35. The molecular weight excluding hydrogens is 134 g/mol. The molecule has 0 N–H and O–H groups in total. The molecule has 0 aliphatic heterocycles. The summed E-state index contributed by atoms with van der Waals surface area (Å²) in [7, 11) is 0. The van der Waals surface area contributed by atoms with Crippen molar-refractivity contribution in [1.82, 2.24) is 0 Å². The van der Waals surface area contributed by atoms with Crippen LogP contribution in [0.25, 0.3) is 0 Å². The SMILES string of the molecule is CC1(C#N)CC2CCC1(C)C2. The zero-order valence-electron chi connectivity index (χ0n) is 7.35. The summed E-state index contributed by atoms with van der Waals surface area (Å²) in [6.07, 6.45) is 5.10. The Labute approximate surface area is 68.4 Å². The molecule has 0 aromatic rings. The Morgan fingerprint density at radius 2 is 2.09 bits per heavy atom. The topological polar surface area (TPSA) is 23.8 Å². The normalized spacial score (nSPS) is 54.5. The lowest BCUT2D eigenvalue weighted by Gasteiger charge is -2.36. The number of rotatable bonds is 0. The Morgan fingerprint density at radius 1 is 1.36 bits per heavy atom. The van der Waals surface area contributed by atoms with Gasteiger partial charge in [-0.1, -0.05) is 6.92 Å². The molecule has 0 spiro atoms. The van der Waals surface area contributed by atoms with Crippen molar-refractivity contribution in [3.63, 3.8) is 0 Å². The first kappa shape index (κ1) is 7.16. The van der Waals surface area contributed by atoms with Crippen LogP contribution in [-0.4, -0.2) is 0 Å². The van der Waals surface area contributed by atoms with Crippen molar-refractivity contribution in [3.05, 3.63) is 0 Å². The minimum atomic E-state index is -0.00405. The van der Waals surface area contributed by atoms with Gasteiger partial charge in [0.15, 0.2) is 0 Å². The van der Waals surface area contributed by atoms with Crippen molar-refractivity contribution in [2.75, 3.05) is 0 Å². The molecule has 0 saturated heterocycles. The molecule has 2 fully saturated rings. The number of nitrogens with zero attached hydrogens (tertiary/aromatic N) is 1. The molecule has 11 heavy (non-hydrogen) atoms. The van der Waals surface area contributed by atoms with Crippen LogP contribution >= 0.6 is 0 Å². The van der Waals surface area contributed by atoms with Crippen molar-refractivity contribution in [2.45, 2.75) is 39.5 Å². The highest BCUT2D eigenvalue weighted by molar-refractivity contribution is 5.15. The van der Waals surface area contributed by atoms with Crippen molar-refractivity contribution in [2.24, 2.45) is 16.7 Å². The van der Waals surface area contributed by atoms with E-state index in [0.717, 1.165) is 12.3 Å². The van der Waals surface area contributed by atoms with Crippen LogP contribution in [-0.2, 0) is 0 Å². The smallest absolute Gasteiger partial charge is 0.0692 e. The Hall–Kier alpha value is -0.510. The largest absolute Gasteiger partial charge is 0.198 e. The highest BCUT2D eigenvalue weighted by Gasteiger charge is 2.56. The highest BCUT2D eigenvalue weighted by atomic mass is 14.6. The third-order valence-electron chi connectivity index (χ3n) is 4.12. The zero-order chi connectivity index (χ0) is 8.11. The second kappa shape index (κ2) is 1.80. The fourth-order valence-corrected chi connectivity index (χ4v) is 3.04. The van der Waals surface area contributed by atoms with Crippen LogP contribution < -0.4 is 0 Å². The number of hydrogen-bond donors (Lipinski definition) is 0. The first-order chi connectivity index (χ1) is 5.10. The van der Waals surface area contributed by atoms with Crippen LogP contribution in [0.15, 0.2) is 0 Å². The second-order valence-corrected chi connectivity index (χ2v) is 4.82. The maximum absolute atomic E-state index is 9.06. The van der Waals surface area contributed by atoms with Crippen molar-refractivity contribution in [1.29, 1.82) is 5.26 Å². The average Bonchev–Trinajstić information content (AvgIpc) is 2.42. The Bertz CT molecular complexity index is 228. The maximum atomic E-state index is 9.06. The number of nitriles is 1. The quantitative estimate of drug-likeness (QED) is 0.519. The third kappa shape index (κ3) is 0.704. The fraction of sp³-hybridized carbons (Fsp3) is 0.900. The Balaban J connectivity index is 2.36. The van der Waals surface area contributed by atoms with Crippen LogP contribution in [0, 0.1) is 28.1 Å². The van der Waals surface area contributed by atoms with E-state index >= 15 is 0 Å². The van der Waals surface area contributed by atoms with Gasteiger partial charge < -0.3 is 0 Å². The molecule has 60 valence electrons. The summed E-state index contributed by atoms with van der Waals surface area (Å²) in [5.74, 6) is 0.865. The van der Waals surface area contributed by atoms with Gasteiger partial charge in [-0.3, -0.25) is 0 Å². The molecule has 2 rings (SSSR count). The van der Waals surface area contributed by atoms with Gasteiger partial charge in [-0.25, -0.2) is 0 Å². The summed E-state index contributed by atoms with van der Waals surface area (Å²) in [6.45, 7) is 4.44. The van der Waals surface area contributed by atoms with E-state index in [9.17, 15) is 0 Å². The van der Waals surface area contributed by atoms with E-state index in [-0.39, 0.29) is 5.41 Å². The molecule has 2 aliphatic rings. The summed E-state index contributed by atoms with van der Waals surface area (Å²) in [5.41, 5.74) is 0.350. The lowest BCUT2D eigenvalue weighted by molar-refractivity contribution is 0.154. The molecule has 0 amide bonds. The van der Waals surface area contributed by atoms with E-state index in [4.69, 9.17) is 5.26 Å². The molecule has 1 nitrogen and oxygen atoms in total. The Morgan fingerprint density at radius 3 is 2.36 bits per heavy atom. The van der Waals surface area contributed by atoms with Gasteiger partial charge in [0.1, 0.15) is 0 Å².